The molecule has 1 saturated carbocycles. The van der Waals surface area contributed by atoms with Gasteiger partial charge in [-0.1, -0.05) is 13.8 Å². The van der Waals surface area contributed by atoms with E-state index in [0.717, 1.165) is 37.2 Å². The van der Waals surface area contributed by atoms with Crippen molar-refractivity contribution >= 4 is 25.3 Å². The number of carbonyl (C=O) groups is 1. The molecule has 3 N–H and O–H groups in total. The van der Waals surface area contributed by atoms with Crippen LogP contribution in [-0.2, 0) is 4.79 Å². The molecule has 0 saturated heterocycles. The number of amides is 1. The van der Waals surface area contributed by atoms with Crippen molar-refractivity contribution in [1.29, 1.82) is 5.41 Å². The van der Waals surface area contributed by atoms with Gasteiger partial charge in [0.05, 0.1) is 30.3 Å². The molecule has 1 aromatic heterocycles. The fourth-order valence-corrected chi connectivity index (χ4v) is 3.50. The van der Waals surface area contributed by atoms with Crippen molar-refractivity contribution in [3.05, 3.63) is 17.7 Å². The molecule has 1 atom stereocenters. The van der Waals surface area contributed by atoms with Crippen LogP contribution in [0.3, 0.4) is 0 Å². The molecule has 1 aromatic rings. The lowest BCUT2D eigenvalue weighted by Gasteiger charge is -2.38. The zero-order valence-corrected chi connectivity index (χ0v) is 15.7. The van der Waals surface area contributed by atoms with Crippen LogP contribution in [0.15, 0.2) is 11.1 Å². The van der Waals surface area contributed by atoms with Gasteiger partial charge in [-0.15, -0.1) is 0 Å². The number of aromatic nitrogens is 2. The summed E-state index contributed by atoms with van der Waals surface area (Å²) in [5.74, 6) is 0.460. The number of hydrogen-bond acceptors (Lipinski definition) is 4. The summed E-state index contributed by atoms with van der Waals surface area (Å²) in [6, 6.07) is -0.297. The summed E-state index contributed by atoms with van der Waals surface area (Å²) in [6.07, 6.45) is 5.25. The molecule has 0 spiro atoms. The molecule has 26 heavy (non-hydrogen) atoms. The number of halogens is 1. The van der Waals surface area contributed by atoms with Gasteiger partial charge in [-0.2, -0.15) is 0 Å². The monoisotopic (exact) mass is 359 g/mol. The number of aromatic amines is 1. The molecule has 6 nitrogen and oxygen atoms in total. The van der Waals surface area contributed by atoms with Gasteiger partial charge in [-0.05, 0) is 50.4 Å². The van der Waals surface area contributed by atoms with Crippen molar-refractivity contribution < 1.29 is 9.18 Å². The maximum Gasteiger partial charge on any atom is 0.270 e. The van der Waals surface area contributed by atoms with Crippen LogP contribution < -0.4 is 5.32 Å². The van der Waals surface area contributed by atoms with Crippen molar-refractivity contribution in [2.75, 3.05) is 6.67 Å². The molecule has 1 unspecified atom stereocenters. The van der Waals surface area contributed by atoms with Crippen molar-refractivity contribution in [3.8, 4) is 0 Å². The van der Waals surface area contributed by atoms with Gasteiger partial charge >= 0.3 is 0 Å². The van der Waals surface area contributed by atoms with Gasteiger partial charge in [0.25, 0.3) is 13.9 Å². The van der Waals surface area contributed by atoms with Crippen LogP contribution in [0.25, 0.3) is 0 Å². The van der Waals surface area contributed by atoms with E-state index < -0.39 is 5.91 Å². The molecule has 2 rings (SSSR count). The van der Waals surface area contributed by atoms with Crippen LogP contribution in [0.2, 0.25) is 0 Å². The largest absolute Gasteiger partial charge is 0.351 e. The molecule has 140 valence electrons. The van der Waals surface area contributed by atoms with Crippen LogP contribution in [0.5, 0.6) is 0 Å². The van der Waals surface area contributed by atoms with E-state index in [1.165, 1.54) is 0 Å². The first-order valence-corrected chi connectivity index (χ1v) is 9.07. The molecule has 0 aromatic carbocycles. The van der Waals surface area contributed by atoms with Crippen LogP contribution in [0, 0.1) is 23.7 Å². The predicted octanol–water partition coefficient (Wildman–Crippen LogP) is 3.00. The predicted molar refractivity (Wildman–Crippen MR) is 101 cm³/mol. The van der Waals surface area contributed by atoms with E-state index in [2.05, 4.69) is 20.2 Å². The average molecular weight is 359 g/mol. The van der Waals surface area contributed by atoms with Crippen molar-refractivity contribution in [2.45, 2.75) is 58.9 Å². The number of carbonyl (C=O) groups excluding carboxylic acids is 1. The smallest absolute Gasteiger partial charge is 0.270 e. The lowest BCUT2D eigenvalue weighted by molar-refractivity contribution is -0.115. The van der Waals surface area contributed by atoms with E-state index in [1.807, 2.05) is 13.8 Å². The van der Waals surface area contributed by atoms with Crippen molar-refractivity contribution in [3.63, 3.8) is 0 Å². The van der Waals surface area contributed by atoms with Gasteiger partial charge in [0, 0.05) is 0 Å². The summed E-state index contributed by atoms with van der Waals surface area (Å²) in [4.78, 5) is 23.6. The summed E-state index contributed by atoms with van der Waals surface area (Å²) in [5.41, 5.74) is 0.573. The van der Waals surface area contributed by atoms with Crippen molar-refractivity contribution in [1.82, 2.24) is 15.3 Å². The highest BCUT2D eigenvalue weighted by Crippen LogP contribution is 2.43. The van der Waals surface area contributed by atoms with Crippen LogP contribution >= 0.6 is 0 Å². The normalized spacial score (nSPS) is 24.9. The molecule has 1 fully saturated rings. The quantitative estimate of drug-likeness (QED) is 0.516. The van der Waals surface area contributed by atoms with E-state index >= 15 is 0 Å². The number of alkyl halides is 1. The molecule has 2 radical (unpaired) electrons. The van der Waals surface area contributed by atoms with Crippen LogP contribution in [-0.4, -0.2) is 42.0 Å². The van der Waals surface area contributed by atoms with Gasteiger partial charge in [0.2, 0.25) is 0 Å². The number of hydrogen-bond donors (Lipinski definition) is 3. The number of H-pyrrole nitrogens is 1. The van der Waals surface area contributed by atoms with Crippen LogP contribution in [0.1, 0.15) is 63.5 Å². The third-order valence-corrected chi connectivity index (χ3v) is 5.36. The fourth-order valence-electron chi connectivity index (χ4n) is 3.50. The van der Waals surface area contributed by atoms with E-state index in [9.17, 15) is 9.18 Å². The highest BCUT2D eigenvalue weighted by molar-refractivity contribution is 6.67. The summed E-state index contributed by atoms with van der Waals surface area (Å²) in [5, 5.41) is 10.8. The molecule has 1 aliphatic rings. The molecule has 1 heterocycles. The average Bonchev–Trinajstić information content (AvgIpc) is 3.07. The molecule has 0 aliphatic heterocycles. The Labute approximate surface area is 155 Å². The topological polar surface area (TPSA) is 94.0 Å². The third-order valence-electron chi connectivity index (χ3n) is 5.36. The number of rotatable bonds is 7. The molecular weight excluding hydrogens is 332 g/mol. The second kappa shape index (κ2) is 8.60. The molecule has 0 bridgehead atoms. The van der Waals surface area contributed by atoms with Crippen molar-refractivity contribution in [2.24, 2.45) is 16.2 Å². The Morgan fingerprint density at radius 1 is 1.58 bits per heavy atom. The lowest BCUT2D eigenvalue weighted by atomic mass is 9.70. The minimum absolute atomic E-state index is 0.0573. The minimum Gasteiger partial charge on any atom is -0.351 e. The SMILES string of the molecule is [B]/N=C(\C(=N)CC)C(=O)NC(c1cnc(C)[nH]1)C1CCC(C)(CF)CC1. The van der Waals surface area contributed by atoms with Gasteiger partial charge in [-0.3, -0.25) is 9.18 Å². The van der Waals surface area contributed by atoms with Gasteiger partial charge < -0.3 is 20.6 Å². The highest BCUT2D eigenvalue weighted by atomic mass is 19.1. The number of imidazole rings is 1. The standard InChI is InChI=1S/C18H27BFN5O/c1-4-13(21)16(25-19)17(26)24-15(14-9-22-11(2)23-14)12-5-7-18(3,10-20)8-6-12/h9,12,15,21H,4-8,10H2,1-3H3,(H,22,23)(H,24,26)/b21-13?,25-16+. The Bertz CT molecular complexity index is 679. The lowest BCUT2D eigenvalue weighted by Crippen LogP contribution is -2.42. The molecule has 1 aliphatic carbocycles. The summed E-state index contributed by atoms with van der Waals surface area (Å²) in [7, 11) is 5.33. The zero-order chi connectivity index (χ0) is 19.3. The summed E-state index contributed by atoms with van der Waals surface area (Å²) < 4.78 is 13.3. The Balaban J connectivity index is 2.20. The van der Waals surface area contributed by atoms with E-state index in [1.54, 1.807) is 13.1 Å². The fraction of sp³-hybridized carbons (Fsp3) is 0.667. The summed E-state index contributed by atoms with van der Waals surface area (Å²) in [6.45, 7) is 5.27. The van der Waals surface area contributed by atoms with Gasteiger partial charge in [-0.25, -0.2) is 4.98 Å². The Morgan fingerprint density at radius 2 is 2.23 bits per heavy atom. The Hall–Kier alpha value is -1.99. The second-order valence-corrected chi connectivity index (χ2v) is 7.47. The number of aryl methyl sites for hydroxylation is 1. The van der Waals surface area contributed by atoms with Gasteiger partial charge in [0.1, 0.15) is 11.5 Å². The van der Waals surface area contributed by atoms with E-state index in [0.29, 0.717) is 6.42 Å². The third kappa shape index (κ3) is 4.59. The van der Waals surface area contributed by atoms with E-state index in [-0.39, 0.29) is 35.5 Å². The van der Waals surface area contributed by atoms with E-state index in [4.69, 9.17) is 13.4 Å². The zero-order valence-electron chi connectivity index (χ0n) is 15.7. The maximum absolute atomic E-state index is 13.3. The first kappa shape index (κ1) is 20.3. The Kier molecular flexibility index (Phi) is 6.72. The number of nitrogens with one attached hydrogen (secondary N) is 3. The first-order chi connectivity index (χ1) is 12.3. The molecule has 1 amide bonds. The summed E-state index contributed by atoms with van der Waals surface area (Å²) >= 11 is 0. The van der Waals surface area contributed by atoms with Crippen LogP contribution in [0.4, 0.5) is 4.39 Å². The molecular formula is C18H27BFN5O. The highest BCUT2D eigenvalue weighted by Gasteiger charge is 2.36. The minimum atomic E-state index is -0.463. The maximum atomic E-state index is 13.3. The second-order valence-electron chi connectivity index (χ2n) is 7.47. The van der Waals surface area contributed by atoms with Gasteiger partial charge in [0.15, 0.2) is 0 Å². The Morgan fingerprint density at radius 3 is 2.69 bits per heavy atom. The molecule has 8 heteroatoms. The number of nitrogens with zero attached hydrogens (tertiary/aromatic N) is 2. The first-order valence-electron chi connectivity index (χ1n) is 9.07.